The Morgan fingerprint density at radius 2 is 1.96 bits per heavy atom. The molecule has 1 aromatic heterocycles. The largest absolute Gasteiger partial charge is 0.486 e. The number of aliphatic carboxylic acids is 1. The van der Waals surface area contributed by atoms with Crippen molar-refractivity contribution in [3.05, 3.63) is 36.0 Å². The molecule has 2 aromatic rings. The molecule has 144 valence electrons. The molecule has 0 saturated carbocycles. The van der Waals surface area contributed by atoms with Gasteiger partial charge in [-0.3, -0.25) is 4.90 Å². The second-order valence-corrected chi connectivity index (χ2v) is 7.74. The molecule has 1 amide bonds. The molecule has 7 nitrogen and oxygen atoms in total. The van der Waals surface area contributed by atoms with Crippen LogP contribution in [0.5, 0.6) is 5.75 Å². The molecule has 1 saturated heterocycles. The number of likely N-dealkylation sites (tertiary alicyclic amines) is 1. The van der Waals surface area contributed by atoms with E-state index < -0.39 is 29.8 Å². The van der Waals surface area contributed by atoms with E-state index >= 15 is 0 Å². The molecule has 7 heteroatoms. The number of nitrogens with zero attached hydrogens (tertiary/aromatic N) is 2. The van der Waals surface area contributed by atoms with Gasteiger partial charge in [-0.2, -0.15) is 0 Å². The van der Waals surface area contributed by atoms with E-state index in [-0.39, 0.29) is 13.0 Å². The average Bonchev–Trinajstić information content (AvgIpc) is 2.98. The van der Waals surface area contributed by atoms with Crippen molar-refractivity contribution in [1.29, 1.82) is 0 Å². The lowest BCUT2D eigenvalue weighted by molar-refractivity contribution is -0.142. The summed E-state index contributed by atoms with van der Waals surface area (Å²) in [6.07, 6.45) is -0.907. The number of rotatable bonds is 3. The van der Waals surface area contributed by atoms with E-state index in [1.54, 1.807) is 26.8 Å². The van der Waals surface area contributed by atoms with Crippen LogP contribution in [0.4, 0.5) is 4.79 Å². The van der Waals surface area contributed by atoms with Gasteiger partial charge in [-0.1, -0.05) is 18.2 Å². The molecule has 1 aromatic carbocycles. The van der Waals surface area contributed by atoms with Crippen molar-refractivity contribution in [2.75, 3.05) is 6.54 Å². The first kappa shape index (κ1) is 18.9. The topological polar surface area (TPSA) is 89.0 Å². The predicted molar refractivity (Wildman–Crippen MR) is 99.9 cm³/mol. The Bertz CT molecular complexity index is 874. The summed E-state index contributed by atoms with van der Waals surface area (Å²) in [5, 5.41) is 10.4. The summed E-state index contributed by atoms with van der Waals surface area (Å²) in [7, 11) is 0. The second-order valence-electron chi connectivity index (χ2n) is 7.74. The Morgan fingerprint density at radius 3 is 2.63 bits per heavy atom. The first-order valence-corrected chi connectivity index (χ1v) is 8.89. The standard InChI is InChI=1S/C20H24N2O5/c1-12-8-9-13-6-5-7-16(17(13)21-12)26-14-10-15(18(23)24)22(11-14)19(25)27-20(2,3)4/h5-9,14-15H,10-11H2,1-4H3,(H,23,24)/t14-,15+/m1/s1. The Hall–Kier alpha value is -2.83. The van der Waals surface area contributed by atoms with Crippen LogP contribution >= 0.6 is 0 Å². The Morgan fingerprint density at radius 1 is 1.22 bits per heavy atom. The molecule has 1 fully saturated rings. The summed E-state index contributed by atoms with van der Waals surface area (Å²) in [6, 6.07) is 8.52. The summed E-state index contributed by atoms with van der Waals surface area (Å²) < 4.78 is 11.4. The third kappa shape index (κ3) is 4.30. The van der Waals surface area contributed by atoms with Crippen molar-refractivity contribution in [3.63, 3.8) is 0 Å². The molecule has 1 aliphatic heterocycles. The summed E-state index contributed by atoms with van der Waals surface area (Å²) in [6.45, 7) is 7.28. The fourth-order valence-corrected chi connectivity index (χ4v) is 3.13. The van der Waals surface area contributed by atoms with Crippen LogP contribution in [0.3, 0.4) is 0 Å². The highest BCUT2D eigenvalue weighted by atomic mass is 16.6. The van der Waals surface area contributed by atoms with Crippen LogP contribution in [-0.4, -0.2) is 51.3 Å². The first-order valence-electron chi connectivity index (χ1n) is 8.89. The van der Waals surface area contributed by atoms with Gasteiger partial charge in [-0.25, -0.2) is 14.6 Å². The minimum absolute atomic E-state index is 0.147. The zero-order valence-corrected chi connectivity index (χ0v) is 15.9. The number of carbonyl (C=O) groups is 2. The van der Waals surface area contributed by atoms with Gasteiger partial charge in [0.25, 0.3) is 0 Å². The fraction of sp³-hybridized carbons (Fsp3) is 0.450. The highest BCUT2D eigenvalue weighted by Gasteiger charge is 2.42. The summed E-state index contributed by atoms with van der Waals surface area (Å²) in [5.41, 5.74) is 0.889. The molecule has 1 aliphatic rings. The van der Waals surface area contributed by atoms with Crippen LogP contribution in [-0.2, 0) is 9.53 Å². The molecular formula is C20H24N2O5. The van der Waals surface area contributed by atoms with E-state index in [0.717, 1.165) is 16.6 Å². The van der Waals surface area contributed by atoms with Gasteiger partial charge in [0.2, 0.25) is 0 Å². The number of ether oxygens (including phenoxy) is 2. The number of carboxylic acid groups (broad SMARTS) is 1. The van der Waals surface area contributed by atoms with E-state index in [9.17, 15) is 14.7 Å². The normalized spacial score (nSPS) is 19.9. The maximum absolute atomic E-state index is 12.4. The minimum atomic E-state index is -1.07. The van der Waals surface area contributed by atoms with Gasteiger partial charge in [-0.15, -0.1) is 0 Å². The number of aryl methyl sites for hydroxylation is 1. The van der Waals surface area contributed by atoms with Crippen LogP contribution in [0, 0.1) is 6.92 Å². The SMILES string of the molecule is Cc1ccc2cccc(O[C@@H]3C[C@@H](C(=O)O)N(C(=O)OC(C)(C)C)C3)c2n1. The van der Waals surface area contributed by atoms with Crippen molar-refractivity contribution >= 4 is 23.0 Å². The zero-order chi connectivity index (χ0) is 19.8. The highest BCUT2D eigenvalue weighted by Crippen LogP contribution is 2.29. The van der Waals surface area contributed by atoms with Crippen LogP contribution in [0.2, 0.25) is 0 Å². The summed E-state index contributed by atoms with van der Waals surface area (Å²) >= 11 is 0. The summed E-state index contributed by atoms with van der Waals surface area (Å²) in [4.78, 5) is 29.8. The van der Waals surface area contributed by atoms with E-state index in [0.29, 0.717) is 5.75 Å². The molecule has 2 heterocycles. The van der Waals surface area contributed by atoms with E-state index in [1.807, 2.05) is 31.2 Å². The lowest BCUT2D eigenvalue weighted by Crippen LogP contribution is -2.43. The number of benzene rings is 1. The molecule has 3 rings (SSSR count). The average molecular weight is 372 g/mol. The van der Waals surface area contributed by atoms with Gasteiger partial charge < -0.3 is 14.6 Å². The Kier molecular flexibility index (Phi) is 4.95. The first-order chi connectivity index (χ1) is 12.6. The number of aromatic nitrogens is 1. The zero-order valence-electron chi connectivity index (χ0n) is 15.9. The molecule has 27 heavy (non-hydrogen) atoms. The number of hydrogen-bond donors (Lipinski definition) is 1. The van der Waals surface area contributed by atoms with Crippen LogP contribution < -0.4 is 4.74 Å². The maximum atomic E-state index is 12.4. The smallest absolute Gasteiger partial charge is 0.411 e. The number of amides is 1. The molecule has 1 N–H and O–H groups in total. The fourth-order valence-electron chi connectivity index (χ4n) is 3.13. The van der Waals surface area contributed by atoms with Gasteiger partial charge in [0, 0.05) is 17.5 Å². The van der Waals surface area contributed by atoms with Crippen LogP contribution in [0.25, 0.3) is 10.9 Å². The maximum Gasteiger partial charge on any atom is 0.411 e. The van der Waals surface area contributed by atoms with Gasteiger partial charge in [-0.05, 0) is 39.8 Å². The third-order valence-electron chi connectivity index (χ3n) is 4.29. The number of carboxylic acids is 1. The van der Waals surface area contributed by atoms with Crippen molar-refractivity contribution in [2.45, 2.75) is 51.9 Å². The molecular weight excluding hydrogens is 348 g/mol. The van der Waals surface area contributed by atoms with Gasteiger partial charge in [0.1, 0.15) is 29.0 Å². The molecule has 0 unspecified atom stereocenters. The Labute approximate surface area is 157 Å². The lowest BCUT2D eigenvalue weighted by Gasteiger charge is -2.26. The number of pyridine rings is 1. The van der Waals surface area contributed by atoms with Crippen LogP contribution in [0.15, 0.2) is 30.3 Å². The summed E-state index contributed by atoms with van der Waals surface area (Å²) in [5.74, 6) is -0.491. The van der Waals surface area contributed by atoms with E-state index in [1.165, 1.54) is 4.90 Å². The Balaban J connectivity index is 1.82. The molecule has 0 spiro atoms. The second kappa shape index (κ2) is 7.06. The monoisotopic (exact) mass is 372 g/mol. The van der Waals surface area contributed by atoms with Gasteiger partial charge in [0.05, 0.1) is 6.54 Å². The molecule has 0 aliphatic carbocycles. The highest BCUT2D eigenvalue weighted by molar-refractivity contribution is 5.85. The quantitative estimate of drug-likeness (QED) is 0.888. The van der Waals surface area contributed by atoms with Crippen molar-refractivity contribution in [3.8, 4) is 5.75 Å². The van der Waals surface area contributed by atoms with Crippen LogP contribution in [0.1, 0.15) is 32.9 Å². The predicted octanol–water partition coefficient (Wildman–Crippen LogP) is 3.38. The number of hydrogen-bond acceptors (Lipinski definition) is 5. The van der Waals surface area contributed by atoms with Gasteiger partial charge in [0.15, 0.2) is 0 Å². The molecule has 0 bridgehead atoms. The van der Waals surface area contributed by atoms with Gasteiger partial charge >= 0.3 is 12.1 Å². The van der Waals surface area contributed by atoms with Crippen molar-refractivity contribution < 1.29 is 24.2 Å². The minimum Gasteiger partial charge on any atom is -0.486 e. The third-order valence-corrected chi connectivity index (χ3v) is 4.29. The van der Waals surface area contributed by atoms with Crippen molar-refractivity contribution in [1.82, 2.24) is 9.88 Å². The van der Waals surface area contributed by atoms with E-state index in [4.69, 9.17) is 9.47 Å². The molecule has 0 radical (unpaired) electrons. The molecule has 2 atom stereocenters. The number of carbonyl (C=O) groups excluding carboxylic acids is 1. The van der Waals surface area contributed by atoms with E-state index in [2.05, 4.69) is 4.98 Å². The number of fused-ring (bicyclic) bond motifs is 1. The lowest BCUT2D eigenvalue weighted by atomic mass is 10.1. The van der Waals surface area contributed by atoms with Crippen molar-refractivity contribution in [2.24, 2.45) is 0 Å². The number of para-hydroxylation sites is 1.